The molecule has 1 fully saturated rings. The van der Waals surface area contributed by atoms with Gasteiger partial charge < -0.3 is 25.8 Å². The summed E-state index contributed by atoms with van der Waals surface area (Å²) < 4.78 is 10.4. The van der Waals surface area contributed by atoms with Crippen molar-refractivity contribution in [2.45, 2.75) is 44.7 Å². The summed E-state index contributed by atoms with van der Waals surface area (Å²) in [5.41, 5.74) is 6.85. The Morgan fingerprint density at radius 2 is 1.68 bits per heavy atom. The molecule has 0 unspecified atom stereocenters. The van der Waals surface area contributed by atoms with E-state index in [2.05, 4.69) is 10.6 Å². The maximum Gasteiger partial charge on any atom is 0.308 e. The fourth-order valence-corrected chi connectivity index (χ4v) is 3.57. The first kappa shape index (κ1) is 22.3. The molecule has 0 atom stereocenters. The van der Waals surface area contributed by atoms with Crippen molar-refractivity contribution in [3.63, 3.8) is 0 Å². The Labute approximate surface area is 181 Å². The molecular weight excluding hydrogens is 398 g/mol. The molecule has 2 aromatic rings. The summed E-state index contributed by atoms with van der Waals surface area (Å²) >= 11 is 0. The van der Waals surface area contributed by atoms with E-state index >= 15 is 0 Å². The molecule has 2 amide bonds. The van der Waals surface area contributed by atoms with Gasteiger partial charge in [-0.1, -0.05) is 12.1 Å². The molecule has 0 radical (unpaired) electrons. The van der Waals surface area contributed by atoms with Crippen LogP contribution in [0.25, 0.3) is 0 Å². The fourth-order valence-electron chi connectivity index (χ4n) is 3.57. The Bertz CT molecular complexity index is 967. The topological polar surface area (TPSA) is 120 Å². The van der Waals surface area contributed by atoms with Crippen molar-refractivity contribution in [2.75, 3.05) is 12.4 Å². The summed E-state index contributed by atoms with van der Waals surface area (Å²) in [7, 11) is 1.48. The van der Waals surface area contributed by atoms with Gasteiger partial charge in [0.25, 0.3) is 11.8 Å². The number of carbonyl (C=O) groups excluding carboxylic acids is 3. The Balaban J connectivity index is 1.77. The zero-order valence-electron chi connectivity index (χ0n) is 17.6. The first-order valence-electron chi connectivity index (χ1n) is 10.2. The summed E-state index contributed by atoms with van der Waals surface area (Å²) in [5, 5.41) is 5.77. The smallest absolute Gasteiger partial charge is 0.308 e. The normalized spacial score (nSPS) is 18.0. The minimum absolute atomic E-state index is 0.0862. The SMILES string of the molecule is COc1ccc(C(=O)NC2CCC(N)CC2)cc1NC(=O)c1ccccc1OC(C)=O. The van der Waals surface area contributed by atoms with Crippen LogP contribution in [0.2, 0.25) is 0 Å². The quantitative estimate of drug-likeness (QED) is 0.484. The van der Waals surface area contributed by atoms with Crippen LogP contribution in [0.15, 0.2) is 42.5 Å². The number of rotatable bonds is 6. The minimum atomic E-state index is -0.528. The van der Waals surface area contributed by atoms with Gasteiger partial charge in [-0.3, -0.25) is 14.4 Å². The standard InChI is InChI=1S/C23H27N3O5/c1-14(27)31-20-6-4-3-5-18(20)23(29)26-19-13-15(7-12-21(19)30-2)22(28)25-17-10-8-16(24)9-11-17/h3-7,12-13,16-17H,8-11,24H2,1-2H3,(H,25,28)(H,26,29). The molecule has 8 heteroatoms. The van der Waals surface area contributed by atoms with Crippen molar-refractivity contribution in [3.05, 3.63) is 53.6 Å². The third-order valence-electron chi connectivity index (χ3n) is 5.20. The Hall–Kier alpha value is -3.39. The predicted octanol–water partition coefficient (Wildman–Crippen LogP) is 2.87. The third kappa shape index (κ3) is 5.82. The van der Waals surface area contributed by atoms with Gasteiger partial charge in [-0.05, 0) is 56.0 Å². The Morgan fingerprint density at radius 3 is 2.35 bits per heavy atom. The average Bonchev–Trinajstić information content (AvgIpc) is 2.75. The fraction of sp³-hybridized carbons (Fsp3) is 0.348. The van der Waals surface area contributed by atoms with E-state index < -0.39 is 11.9 Å². The number of nitrogens with two attached hydrogens (primary N) is 1. The molecule has 3 rings (SSSR count). The van der Waals surface area contributed by atoms with Gasteiger partial charge in [-0.25, -0.2) is 0 Å². The van der Waals surface area contributed by atoms with Gasteiger partial charge in [0.2, 0.25) is 0 Å². The van der Waals surface area contributed by atoms with Crippen molar-refractivity contribution in [3.8, 4) is 11.5 Å². The number of esters is 1. The molecule has 1 aliphatic rings. The highest BCUT2D eigenvalue weighted by Crippen LogP contribution is 2.28. The molecule has 2 aromatic carbocycles. The summed E-state index contributed by atoms with van der Waals surface area (Å²) in [6.07, 6.45) is 3.46. The van der Waals surface area contributed by atoms with Gasteiger partial charge in [-0.15, -0.1) is 0 Å². The lowest BCUT2D eigenvalue weighted by Gasteiger charge is -2.26. The lowest BCUT2D eigenvalue weighted by Crippen LogP contribution is -2.40. The van der Waals surface area contributed by atoms with Crippen LogP contribution < -0.4 is 25.8 Å². The molecular formula is C23H27N3O5. The van der Waals surface area contributed by atoms with E-state index in [-0.39, 0.29) is 29.3 Å². The van der Waals surface area contributed by atoms with E-state index in [1.807, 2.05) is 0 Å². The van der Waals surface area contributed by atoms with Crippen molar-refractivity contribution in [1.29, 1.82) is 0 Å². The number of ether oxygens (including phenoxy) is 2. The second-order valence-corrected chi connectivity index (χ2v) is 7.54. The third-order valence-corrected chi connectivity index (χ3v) is 5.20. The van der Waals surface area contributed by atoms with Gasteiger partial charge in [0.05, 0.1) is 18.4 Å². The van der Waals surface area contributed by atoms with E-state index in [0.717, 1.165) is 25.7 Å². The number of para-hydroxylation sites is 1. The average molecular weight is 425 g/mol. The highest BCUT2D eigenvalue weighted by molar-refractivity contribution is 6.08. The van der Waals surface area contributed by atoms with Crippen LogP contribution in [-0.4, -0.2) is 37.0 Å². The molecule has 0 aliphatic heterocycles. The maximum atomic E-state index is 12.8. The number of hydrogen-bond donors (Lipinski definition) is 3. The second-order valence-electron chi connectivity index (χ2n) is 7.54. The number of nitrogens with one attached hydrogen (secondary N) is 2. The van der Waals surface area contributed by atoms with Crippen LogP contribution in [0.4, 0.5) is 5.69 Å². The molecule has 0 bridgehead atoms. The molecule has 1 aliphatic carbocycles. The van der Waals surface area contributed by atoms with E-state index in [9.17, 15) is 14.4 Å². The Morgan fingerprint density at radius 1 is 0.968 bits per heavy atom. The lowest BCUT2D eigenvalue weighted by molar-refractivity contribution is -0.131. The van der Waals surface area contributed by atoms with E-state index in [4.69, 9.17) is 15.2 Å². The predicted molar refractivity (Wildman–Crippen MR) is 116 cm³/mol. The molecule has 31 heavy (non-hydrogen) atoms. The molecule has 0 spiro atoms. The van der Waals surface area contributed by atoms with Gasteiger partial charge in [0.15, 0.2) is 0 Å². The first-order valence-corrected chi connectivity index (χ1v) is 10.2. The second kappa shape index (κ2) is 10.1. The van der Waals surface area contributed by atoms with Gasteiger partial charge >= 0.3 is 5.97 Å². The molecule has 4 N–H and O–H groups in total. The molecule has 8 nitrogen and oxygen atoms in total. The van der Waals surface area contributed by atoms with Crippen molar-refractivity contribution in [2.24, 2.45) is 5.73 Å². The summed E-state index contributed by atoms with van der Waals surface area (Å²) in [6.45, 7) is 1.26. The monoisotopic (exact) mass is 425 g/mol. The lowest BCUT2D eigenvalue weighted by atomic mass is 9.91. The highest BCUT2D eigenvalue weighted by Gasteiger charge is 2.22. The van der Waals surface area contributed by atoms with Crippen molar-refractivity contribution >= 4 is 23.5 Å². The van der Waals surface area contributed by atoms with E-state index in [1.165, 1.54) is 20.1 Å². The van der Waals surface area contributed by atoms with Crippen LogP contribution >= 0.6 is 0 Å². The Kier molecular flexibility index (Phi) is 7.25. The van der Waals surface area contributed by atoms with Crippen molar-refractivity contribution < 1.29 is 23.9 Å². The number of methoxy groups -OCH3 is 1. The number of hydrogen-bond acceptors (Lipinski definition) is 6. The van der Waals surface area contributed by atoms with Crippen LogP contribution in [0.1, 0.15) is 53.3 Å². The molecule has 0 aromatic heterocycles. The number of benzene rings is 2. The number of carbonyl (C=O) groups is 3. The number of anilines is 1. The van der Waals surface area contributed by atoms with Crippen LogP contribution in [0, 0.1) is 0 Å². The maximum absolute atomic E-state index is 12.8. The summed E-state index contributed by atoms with van der Waals surface area (Å²) in [5.74, 6) is -0.692. The minimum Gasteiger partial charge on any atom is -0.495 e. The van der Waals surface area contributed by atoms with Crippen LogP contribution in [0.3, 0.4) is 0 Å². The van der Waals surface area contributed by atoms with Gasteiger partial charge in [0, 0.05) is 24.6 Å². The zero-order chi connectivity index (χ0) is 22.4. The highest BCUT2D eigenvalue weighted by atomic mass is 16.5. The molecule has 0 heterocycles. The van der Waals surface area contributed by atoms with Gasteiger partial charge in [-0.2, -0.15) is 0 Å². The zero-order valence-corrected chi connectivity index (χ0v) is 17.6. The molecule has 164 valence electrons. The molecule has 1 saturated carbocycles. The van der Waals surface area contributed by atoms with Crippen LogP contribution in [0.5, 0.6) is 11.5 Å². The van der Waals surface area contributed by atoms with E-state index in [1.54, 1.807) is 36.4 Å². The van der Waals surface area contributed by atoms with Crippen LogP contribution in [-0.2, 0) is 4.79 Å². The largest absolute Gasteiger partial charge is 0.495 e. The first-order chi connectivity index (χ1) is 14.9. The summed E-state index contributed by atoms with van der Waals surface area (Å²) in [4.78, 5) is 36.9. The number of amides is 2. The van der Waals surface area contributed by atoms with Crippen molar-refractivity contribution in [1.82, 2.24) is 5.32 Å². The van der Waals surface area contributed by atoms with Gasteiger partial charge in [0.1, 0.15) is 11.5 Å². The summed E-state index contributed by atoms with van der Waals surface area (Å²) in [6, 6.07) is 11.5. The molecule has 0 saturated heterocycles. The van der Waals surface area contributed by atoms with E-state index in [0.29, 0.717) is 17.0 Å².